The van der Waals surface area contributed by atoms with E-state index in [1.807, 2.05) is 24.3 Å². The van der Waals surface area contributed by atoms with Gasteiger partial charge in [0.2, 0.25) is 0 Å². The van der Waals surface area contributed by atoms with Crippen LogP contribution in [-0.2, 0) is 0 Å². The molecular formula is C22H38O2. The molecule has 0 spiro atoms. The van der Waals surface area contributed by atoms with Gasteiger partial charge in [0.15, 0.2) is 0 Å². The minimum Gasteiger partial charge on any atom is -0.493 e. The number of unbranched alkanes of at least 4 members (excludes halogenated alkanes) is 2. The van der Waals surface area contributed by atoms with E-state index in [1.165, 1.54) is 51.4 Å². The summed E-state index contributed by atoms with van der Waals surface area (Å²) in [6.45, 7) is 10.7. The van der Waals surface area contributed by atoms with Crippen LogP contribution in [0.15, 0.2) is 24.3 Å². The van der Waals surface area contributed by atoms with Crippen molar-refractivity contribution in [3.05, 3.63) is 24.3 Å². The van der Waals surface area contributed by atoms with Gasteiger partial charge in [-0.15, -0.1) is 0 Å². The van der Waals surface area contributed by atoms with Gasteiger partial charge < -0.3 is 9.47 Å². The Kier molecular flexibility index (Phi) is 11.4. The fourth-order valence-corrected chi connectivity index (χ4v) is 2.86. The first-order valence-electron chi connectivity index (χ1n) is 10.1. The van der Waals surface area contributed by atoms with Crippen LogP contribution in [0.5, 0.6) is 11.5 Å². The van der Waals surface area contributed by atoms with Crippen molar-refractivity contribution in [2.75, 3.05) is 13.2 Å². The fraction of sp³-hybridized carbons (Fsp3) is 0.727. The quantitative estimate of drug-likeness (QED) is 0.369. The molecule has 0 amide bonds. The molecule has 0 saturated carbocycles. The van der Waals surface area contributed by atoms with E-state index in [4.69, 9.17) is 9.47 Å². The average Bonchev–Trinajstić information content (AvgIpc) is 2.63. The molecular weight excluding hydrogens is 296 g/mol. The molecule has 2 heteroatoms. The first kappa shape index (κ1) is 20.9. The molecule has 0 aliphatic rings. The van der Waals surface area contributed by atoms with Gasteiger partial charge in [0.1, 0.15) is 11.5 Å². The molecule has 0 aromatic heterocycles. The molecule has 0 aliphatic carbocycles. The zero-order valence-corrected chi connectivity index (χ0v) is 16.4. The van der Waals surface area contributed by atoms with E-state index in [0.717, 1.165) is 24.7 Å². The number of benzene rings is 1. The Morgan fingerprint density at radius 3 is 1.33 bits per heavy atom. The summed E-state index contributed by atoms with van der Waals surface area (Å²) in [7, 11) is 0. The molecule has 0 fully saturated rings. The molecule has 138 valence electrons. The maximum atomic E-state index is 5.96. The number of ether oxygens (including phenoxy) is 2. The molecule has 0 bridgehead atoms. The second-order valence-corrected chi connectivity index (χ2v) is 6.93. The average molecular weight is 335 g/mol. The lowest BCUT2D eigenvalue weighted by Crippen LogP contribution is -2.12. The van der Waals surface area contributed by atoms with Crippen LogP contribution in [0.1, 0.15) is 79.1 Å². The van der Waals surface area contributed by atoms with Crippen LogP contribution in [0.3, 0.4) is 0 Å². The lowest BCUT2D eigenvalue weighted by Gasteiger charge is -2.17. The van der Waals surface area contributed by atoms with Crippen molar-refractivity contribution in [3.63, 3.8) is 0 Å². The van der Waals surface area contributed by atoms with Crippen molar-refractivity contribution >= 4 is 0 Å². The van der Waals surface area contributed by atoms with Gasteiger partial charge in [-0.05, 0) is 48.9 Å². The van der Waals surface area contributed by atoms with E-state index in [2.05, 4.69) is 27.7 Å². The second kappa shape index (κ2) is 13.1. The molecule has 0 N–H and O–H groups in total. The predicted molar refractivity (Wildman–Crippen MR) is 104 cm³/mol. The van der Waals surface area contributed by atoms with Gasteiger partial charge in [0.25, 0.3) is 0 Å². The largest absolute Gasteiger partial charge is 0.493 e. The van der Waals surface area contributed by atoms with Crippen molar-refractivity contribution < 1.29 is 9.47 Å². The molecule has 0 unspecified atom stereocenters. The highest BCUT2D eigenvalue weighted by Gasteiger charge is 2.08. The van der Waals surface area contributed by atoms with Crippen LogP contribution in [0, 0.1) is 11.8 Å². The smallest absolute Gasteiger partial charge is 0.119 e. The SMILES string of the molecule is CCCC[C@@H](CC)COc1ccc(OC[C@@H](CC)CCCC)cc1. The molecule has 1 aromatic carbocycles. The summed E-state index contributed by atoms with van der Waals surface area (Å²) in [6.07, 6.45) is 10.0. The van der Waals surface area contributed by atoms with Gasteiger partial charge in [-0.25, -0.2) is 0 Å². The first-order valence-corrected chi connectivity index (χ1v) is 10.1. The molecule has 0 aliphatic heterocycles. The summed E-state index contributed by atoms with van der Waals surface area (Å²) in [5, 5.41) is 0. The van der Waals surface area contributed by atoms with Crippen LogP contribution >= 0.6 is 0 Å². The summed E-state index contributed by atoms with van der Waals surface area (Å²) < 4.78 is 11.9. The number of rotatable bonds is 14. The van der Waals surface area contributed by atoms with Crippen molar-refractivity contribution in [2.45, 2.75) is 79.1 Å². The molecule has 24 heavy (non-hydrogen) atoms. The van der Waals surface area contributed by atoms with E-state index in [-0.39, 0.29) is 0 Å². The molecule has 1 rings (SSSR count). The first-order chi connectivity index (χ1) is 11.7. The van der Waals surface area contributed by atoms with Crippen LogP contribution in [0.2, 0.25) is 0 Å². The monoisotopic (exact) mass is 334 g/mol. The van der Waals surface area contributed by atoms with Crippen molar-refractivity contribution in [3.8, 4) is 11.5 Å². The van der Waals surface area contributed by atoms with Crippen molar-refractivity contribution in [1.82, 2.24) is 0 Å². The lowest BCUT2D eigenvalue weighted by atomic mass is 10.0. The van der Waals surface area contributed by atoms with Crippen molar-refractivity contribution in [1.29, 1.82) is 0 Å². The fourth-order valence-electron chi connectivity index (χ4n) is 2.86. The van der Waals surface area contributed by atoms with Gasteiger partial charge in [-0.2, -0.15) is 0 Å². The molecule has 0 heterocycles. The topological polar surface area (TPSA) is 18.5 Å². The highest BCUT2D eigenvalue weighted by Crippen LogP contribution is 2.21. The Labute approximate surface area is 149 Å². The molecule has 2 nitrogen and oxygen atoms in total. The predicted octanol–water partition coefficient (Wildman–Crippen LogP) is 6.88. The zero-order valence-electron chi connectivity index (χ0n) is 16.4. The number of hydrogen-bond acceptors (Lipinski definition) is 2. The van der Waals surface area contributed by atoms with Gasteiger partial charge in [-0.3, -0.25) is 0 Å². The van der Waals surface area contributed by atoms with E-state index < -0.39 is 0 Å². The number of hydrogen-bond donors (Lipinski definition) is 0. The Balaban J connectivity index is 2.36. The van der Waals surface area contributed by atoms with Crippen LogP contribution in [-0.4, -0.2) is 13.2 Å². The van der Waals surface area contributed by atoms with E-state index in [9.17, 15) is 0 Å². The van der Waals surface area contributed by atoms with Crippen molar-refractivity contribution in [2.24, 2.45) is 11.8 Å². The van der Waals surface area contributed by atoms with Gasteiger partial charge in [0, 0.05) is 0 Å². The summed E-state index contributed by atoms with van der Waals surface area (Å²) in [5.41, 5.74) is 0. The summed E-state index contributed by atoms with van der Waals surface area (Å²) >= 11 is 0. The maximum absolute atomic E-state index is 5.96. The van der Waals surface area contributed by atoms with E-state index >= 15 is 0 Å². The Bertz CT molecular complexity index is 360. The van der Waals surface area contributed by atoms with Gasteiger partial charge in [-0.1, -0.05) is 66.2 Å². The summed E-state index contributed by atoms with van der Waals surface area (Å²) in [4.78, 5) is 0. The third kappa shape index (κ3) is 8.61. The summed E-state index contributed by atoms with van der Waals surface area (Å²) in [5.74, 6) is 3.25. The standard InChI is InChI=1S/C22H38O2/c1-5-9-11-19(7-3)17-23-21-13-15-22(16-14-21)24-18-20(8-4)12-10-6-2/h13-16,19-20H,5-12,17-18H2,1-4H3/t19-,20+. The molecule has 2 atom stereocenters. The Morgan fingerprint density at radius 1 is 0.667 bits per heavy atom. The van der Waals surface area contributed by atoms with Crippen LogP contribution in [0.4, 0.5) is 0 Å². The Morgan fingerprint density at radius 2 is 1.04 bits per heavy atom. The maximum Gasteiger partial charge on any atom is 0.119 e. The van der Waals surface area contributed by atoms with Crippen LogP contribution in [0.25, 0.3) is 0 Å². The van der Waals surface area contributed by atoms with Gasteiger partial charge >= 0.3 is 0 Å². The lowest BCUT2D eigenvalue weighted by molar-refractivity contribution is 0.228. The minimum atomic E-state index is 0.671. The molecule has 0 saturated heterocycles. The Hall–Kier alpha value is -1.18. The highest BCUT2D eigenvalue weighted by atomic mass is 16.5. The normalized spacial score (nSPS) is 13.5. The summed E-state index contributed by atoms with van der Waals surface area (Å²) in [6, 6.07) is 8.15. The highest BCUT2D eigenvalue weighted by molar-refractivity contribution is 5.31. The van der Waals surface area contributed by atoms with E-state index in [1.54, 1.807) is 0 Å². The van der Waals surface area contributed by atoms with Gasteiger partial charge in [0.05, 0.1) is 13.2 Å². The third-order valence-electron chi connectivity index (χ3n) is 4.88. The molecule has 1 aromatic rings. The van der Waals surface area contributed by atoms with Crippen LogP contribution < -0.4 is 9.47 Å². The minimum absolute atomic E-state index is 0.671. The third-order valence-corrected chi connectivity index (χ3v) is 4.88. The second-order valence-electron chi connectivity index (χ2n) is 6.93. The van der Waals surface area contributed by atoms with E-state index in [0.29, 0.717) is 11.8 Å². The zero-order chi connectivity index (χ0) is 17.6. The molecule has 0 radical (unpaired) electrons.